The van der Waals surface area contributed by atoms with E-state index in [0.29, 0.717) is 46.9 Å². The molecule has 0 spiro atoms. The number of hydrogen-bond acceptors (Lipinski definition) is 4. The molecular formula is C25H19Cl2NO3. The fourth-order valence-corrected chi connectivity index (χ4v) is 4.14. The first-order valence-corrected chi connectivity index (χ1v) is 10.7. The van der Waals surface area contributed by atoms with Crippen LogP contribution in [0.25, 0.3) is 6.08 Å². The third-order valence-electron chi connectivity index (χ3n) is 5.45. The smallest absolute Gasteiger partial charge is 0.231 e. The average molecular weight is 452 g/mol. The number of carbonyl (C=O) groups is 1. The largest absolute Gasteiger partial charge is 0.478 e. The lowest BCUT2D eigenvalue weighted by atomic mass is 10.0. The Kier molecular flexibility index (Phi) is 5.22. The van der Waals surface area contributed by atoms with Crippen LogP contribution in [0, 0.1) is 6.92 Å². The lowest BCUT2D eigenvalue weighted by molar-refractivity contribution is 0.0873. The molecule has 156 valence electrons. The molecule has 3 aromatic rings. The molecule has 0 atom stereocenters. The zero-order chi connectivity index (χ0) is 21.5. The van der Waals surface area contributed by atoms with Crippen LogP contribution in [0.1, 0.15) is 32.6 Å². The Morgan fingerprint density at radius 1 is 1.03 bits per heavy atom. The number of nitrogens with zero attached hydrogens (tertiary/aromatic N) is 1. The minimum Gasteiger partial charge on any atom is -0.478 e. The van der Waals surface area contributed by atoms with Crippen molar-refractivity contribution in [1.29, 1.82) is 0 Å². The van der Waals surface area contributed by atoms with Gasteiger partial charge in [-0.1, -0.05) is 59.1 Å². The van der Waals surface area contributed by atoms with Gasteiger partial charge in [0.2, 0.25) is 5.78 Å². The standard InChI is InChI=1S/C25H19Cl2NO3/c1-15-2-4-16(5-3-15)11-23-24(29)18-7-9-22-19(25(18)31-23)13-28(14-30-22)12-17-6-8-20(26)21(27)10-17/h2-11H,12-14H2,1H3/b23-11-. The summed E-state index contributed by atoms with van der Waals surface area (Å²) in [5.74, 6) is 1.54. The number of fused-ring (bicyclic) bond motifs is 3. The number of hydrogen-bond donors (Lipinski definition) is 0. The molecule has 2 heterocycles. The van der Waals surface area contributed by atoms with Crippen LogP contribution >= 0.6 is 23.2 Å². The molecule has 0 fully saturated rings. The monoisotopic (exact) mass is 451 g/mol. The molecule has 6 heteroatoms. The van der Waals surface area contributed by atoms with E-state index in [-0.39, 0.29) is 5.78 Å². The number of rotatable bonds is 3. The summed E-state index contributed by atoms with van der Waals surface area (Å²) in [5, 5.41) is 1.06. The molecule has 0 bridgehead atoms. The summed E-state index contributed by atoms with van der Waals surface area (Å²) in [6, 6.07) is 17.2. The average Bonchev–Trinajstić information content (AvgIpc) is 3.08. The highest BCUT2D eigenvalue weighted by atomic mass is 35.5. The molecule has 0 saturated carbocycles. The van der Waals surface area contributed by atoms with E-state index in [4.69, 9.17) is 32.7 Å². The third kappa shape index (κ3) is 3.94. The number of benzene rings is 3. The molecule has 2 aliphatic heterocycles. The van der Waals surface area contributed by atoms with Crippen molar-refractivity contribution in [3.63, 3.8) is 0 Å². The van der Waals surface area contributed by atoms with Crippen molar-refractivity contribution in [3.8, 4) is 11.5 Å². The summed E-state index contributed by atoms with van der Waals surface area (Å²) in [4.78, 5) is 15.0. The van der Waals surface area contributed by atoms with Crippen molar-refractivity contribution in [1.82, 2.24) is 4.90 Å². The van der Waals surface area contributed by atoms with E-state index in [0.717, 1.165) is 28.0 Å². The normalized spacial score (nSPS) is 16.6. The predicted octanol–water partition coefficient (Wildman–Crippen LogP) is 6.27. The molecule has 4 nitrogen and oxygen atoms in total. The van der Waals surface area contributed by atoms with Gasteiger partial charge >= 0.3 is 0 Å². The lowest BCUT2D eigenvalue weighted by Gasteiger charge is -2.29. The van der Waals surface area contributed by atoms with Crippen LogP contribution in [-0.4, -0.2) is 17.4 Å². The first-order valence-electron chi connectivity index (χ1n) is 9.94. The van der Waals surface area contributed by atoms with E-state index < -0.39 is 0 Å². The Balaban J connectivity index is 1.41. The Morgan fingerprint density at radius 3 is 2.61 bits per heavy atom. The maximum atomic E-state index is 12.9. The molecule has 0 N–H and O–H groups in total. The van der Waals surface area contributed by atoms with Crippen LogP contribution in [0.2, 0.25) is 10.0 Å². The van der Waals surface area contributed by atoms with Crippen molar-refractivity contribution in [2.45, 2.75) is 20.0 Å². The SMILES string of the molecule is Cc1ccc(/C=C2\Oc3c(ccc4c3CN(Cc3ccc(Cl)c(Cl)c3)CO4)C2=O)cc1. The Morgan fingerprint density at radius 2 is 1.84 bits per heavy atom. The van der Waals surface area contributed by atoms with Gasteiger partial charge in [0.25, 0.3) is 0 Å². The second kappa shape index (κ2) is 8.04. The van der Waals surface area contributed by atoms with Gasteiger partial charge in [0.05, 0.1) is 21.2 Å². The number of aryl methyl sites for hydroxylation is 1. The molecule has 31 heavy (non-hydrogen) atoms. The zero-order valence-electron chi connectivity index (χ0n) is 16.8. The van der Waals surface area contributed by atoms with E-state index in [1.54, 1.807) is 18.2 Å². The summed E-state index contributed by atoms with van der Waals surface area (Å²) in [6.45, 7) is 3.70. The third-order valence-corrected chi connectivity index (χ3v) is 6.19. The lowest BCUT2D eigenvalue weighted by Crippen LogP contribution is -2.31. The van der Waals surface area contributed by atoms with Crippen molar-refractivity contribution >= 4 is 35.1 Å². The van der Waals surface area contributed by atoms with Crippen molar-refractivity contribution in [2.24, 2.45) is 0 Å². The molecule has 0 unspecified atom stereocenters. The molecule has 0 amide bonds. The van der Waals surface area contributed by atoms with Gasteiger partial charge < -0.3 is 9.47 Å². The minimum atomic E-state index is -0.111. The van der Waals surface area contributed by atoms with Crippen molar-refractivity contribution < 1.29 is 14.3 Å². The number of ether oxygens (including phenoxy) is 2. The number of carbonyl (C=O) groups excluding carboxylic acids is 1. The summed E-state index contributed by atoms with van der Waals surface area (Å²) in [7, 11) is 0. The van der Waals surface area contributed by atoms with Crippen LogP contribution in [-0.2, 0) is 13.1 Å². The molecule has 0 radical (unpaired) electrons. The highest BCUT2D eigenvalue weighted by Gasteiger charge is 2.33. The van der Waals surface area contributed by atoms with Crippen LogP contribution in [0.15, 0.2) is 60.4 Å². The summed E-state index contributed by atoms with van der Waals surface area (Å²) in [6.07, 6.45) is 1.78. The van der Waals surface area contributed by atoms with Crippen molar-refractivity contribution in [3.05, 3.63) is 98.2 Å². The number of allylic oxidation sites excluding steroid dienone is 1. The Hall–Kier alpha value is -2.79. The van der Waals surface area contributed by atoms with Crippen LogP contribution < -0.4 is 9.47 Å². The van der Waals surface area contributed by atoms with Crippen molar-refractivity contribution in [2.75, 3.05) is 6.73 Å². The fourth-order valence-electron chi connectivity index (χ4n) is 3.82. The first-order chi connectivity index (χ1) is 15.0. The number of ketones is 1. The highest BCUT2D eigenvalue weighted by molar-refractivity contribution is 6.42. The predicted molar refractivity (Wildman–Crippen MR) is 122 cm³/mol. The second-order valence-corrected chi connectivity index (χ2v) is 8.59. The summed E-state index contributed by atoms with van der Waals surface area (Å²) >= 11 is 12.2. The summed E-state index contributed by atoms with van der Waals surface area (Å²) < 4.78 is 12.0. The van der Waals surface area contributed by atoms with Gasteiger partial charge in [-0.25, -0.2) is 0 Å². The maximum Gasteiger partial charge on any atom is 0.231 e. The molecule has 2 aliphatic rings. The topological polar surface area (TPSA) is 38.8 Å². The van der Waals surface area contributed by atoms with Gasteiger partial charge in [0.1, 0.15) is 18.2 Å². The van der Waals surface area contributed by atoms with Gasteiger partial charge in [0, 0.05) is 13.1 Å². The van der Waals surface area contributed by atoms with E-state index in [1.807, 2.05) is 49.4 Å². The number of Topliss-reactive ketones (excluding diaryl/α,β-unsaturated/α-hetero) is 1. The zero-order valence-corrected chi connectivity index (χ0v) is 18.3. The Bertz CT molecular complexity index is 1220. The van der Waals surface area contributed by atoms with E-state index in [1.165, 1.54) is 0 Å². The minimum absolute atomic E-state index is 0.111. The van der Waals surface area contributed by atoms with Gasteiger partial charge in [-0.3, -0.25) is 9.69 Å². The molecular weight excluding hydrogens is 433 g/mol. The van der Waals surface area contributed by atoms with Crippen LogP contribution in [0.3, 0.4) is 0 Å². The molecule has 3 aromatic carbocycles. The Labute approximate surface area is 190 Å². The van der Waals surface area contributed by atoms with Gasteiger partial charge in [-0.05, 0) is 48.4 Å². The maximum absolute atomic E-state index is 12.9. The molecule has 0 saturated heterocycles. The molecule has 0 aromatic heterocycles. The van der Waals surface area contributed by atoms with E-state index in [2.05, 4.69) is 4.90 Å². The van der Waals surface area contributed by atoms with Gasteiger partial charge in [-0.2, -0.15) is 0 Å². The quantitative estimate of drug-likeness (QED) is 0.439. The van der Waals surface area contributed by atoms with Gasteiger partial charge in [-0.15, -0.1) is 0 Å². The van der Waals surface area contributed by atoms with Crippen LogP contribution in [0.5, 0.6) is 11.5 Å². The summed E-state index contributed by atoms with van der Waals surface area (Å²) in [5.41, 5.74) is 4.57. The van der Waals surface area contributed by atoms with Gasteiger partial charge in [0.15, 0.2) is 5.76 Å². The van der Waals surface area contributed by atoms with Crippen LogP contribution in [0.4, 0.5) is 0 Å². The number of halogens is 2. The molecule has 0 aliphatic carbocycles. The highest BCUT2D eigenvalue weighted by Crippen LogP contribution is 2.42. The van der Waals surface area contributed by atoms with E-state index >= 15 is 0 Å². The fraction of sp³-hybridized carbons (Fsp3) is 0.160. The first kappa shape index (κ1) is 20.1. The molecule has 5 rings (SSSR count). The second-order valence-electron chi connectivity index (χ2n) is 7.78. The van der Waals surface area contributed by atoms with E-state index in [9.17, 15) is 4.79 Å².